The predicted molar refractivity (Wildman–Crippen MR) is 103 cm³/mol. The molecule has 2 aromatic heterocycles. The maximum Gasteiger partial charge on any atom is 0.222 e. The maximum atomic E-state index is 12.4. The molecule has 0 bridgehead atoms. The molecule has 0 saturated carbocycles. The molecule has 0 fully saturated rings. The molecule has 0 atom stereocenters. The van der Waals surface area contributed by atoms with Crippen molar-refractivity contribution in [3.8, 4) is 11.1 Å². The van der Waals surface area contributed by atoms with E-state index in [0.717, 1.165) is 22.0 Å². The lowest BCUT2D eigenvalue weighted by Gasteiger charge is -2.10. The van der Waals surface area contributed by atoms with Crippen molar-refractivity contribution in [2.24, 2.45) is 5.92 Å². The molecule has 0 saturated heterocycles. The summed E-state index contributed by atoms with van der Waals surface area (Å²) >= 11 is 0. The fourth-order valence-corrected chi connectivity index (χ4v) is 2.86. The summed E-state index contributed by atoms with van der Waals surface area (Å²) in [5.74, 6) is 0.646. The Morgan fingerprint density at radius 2 is 1.92 bits per heavy atom. The van der Waals surface area contributed by atoms with Crippen molar-refractivity contribution < 1.29 is 9.59 Å². The number of nitrogens with one attached hydrogen (secondary N) is 1. The minimum atomic E-state index is -0.174. The molecule has 5 heteroatoms. The Bertz CT molecular complexity index is 980. The van der Waals surface area contributed by atoms with Crippen LogP contribution in [0.25, 0.3) is 22.0 Å². The fraction of sp³-hybridized carbons (Fsp3) is 0.238. The predicted octanol–water partition coefficient (Wildman–Crippen LogP) is 4.48. The molecular formula is C21H21N3O2. The smallest absolute Gasteiger partial charge is 0.222 e. The van der Waals surface area contributed by atoms with Crippen molar-refractivity contribution in [3.05, 3.63) is 54.4 Å². The Kier molecular flexibility index (Phi) is 5.07. The second-order valence-corrected chi connectivity index (χ2v) is 6.71. The van der Waals surface area contributed by atoms with Crippen LogP contribution < -0.4 is 5.32 Å². The van der Waals surface area contributed by atoms with Crippen LogP contribution in [0.5, 0.6) is 0 Å². The first-order valence-corrected chi connectivity index (χ1v) is 8.61. The standard InChI is InChI=1S/C21H21N3O2/c1-13(2)11-19(26)18-8-7-15-5-4-6-17(21(15)24-18)16-9-10-22-20(12-16)23-14(3)25/h4-10,12-13H,11H2,1-3H3,(H,22,23,25). The summed E-state index contributed by atoms with van der Waals surface area (Å²) in [4.78, 5) is 32.5. The molecule has 26 heavy (non-hydrogen) atoms. The first-order valence-electron chi connectivity index (χ1n) is 8.61. The highest BCUT2D eigenvalue weighted by Crippen LogP contribution is 2.29. The van der Waals surface area contributed by atoms with Gasteiger partial charge in [-0.3, -0.25) is 9.59 Å². The SMILES string of the molecule is CC(=O)Nc1cc(-c2cccc3ccc(C(=O)CC(C)C)nc23)ccn1. The zero-order valence-electron chi connectivity index (χ0n) is 15.1. The number of benzene rings is 1. The van der Waals surface area contributed by atoms with Crippen LogP contribution >= 0.6 is 0 Å². The van der Waals surface area contributed by atoms with Gasteiger partial charge in [0.15, 0.2) is 5.78 Å². The number of fused-ring (bicyclic) bond motifs is 1. The lowest BCUT2D eigenvalue weighted by molar-refractivity contribution is -0.114. The average Bonchev–Trinajstić information content (AvgIpc) is 2.60. The zero-order valence-corrected chi connectivity index (χ0v) is 15.1. The number of aromatic nitrogens is 2. The molecule has 0 radical (unpaired) electrons. The number of ketones is 1. The molecule has 0 unspecified atom stereocenters. The molecule has 2 heterocycles. The van der Waals surface area contributed by atoms with Crippen LogP contribution in [0.15, 0.2) is 48.7 Å². The Balaban J connectivity index is 2.08. The van der Waals surface area contributed by atoms with Gasteiger partial charge in [0.25, 0.3) is 0 Å². The van der Waals surface area contributed by atoms with Gasteiger partial charge >= 0.3 is 0 Å². The van der Waals surface area contributed by atoms with E-state index in [1.807, 2.05) is 44.2 Å². The number of amides is 1. The van der Waals surface area contributed by atoms with Crippen LogP contribution in [-0.4, -0.2) is 21.7 Å². The molecule has 132 valence electrons. The number of anilines is 1. The molecule has 3 aromatic rings. The molecule has 5 nitrogen and oxygen atoms in total. The number of nitrogens with zero attached hydrogens (tertiary/aromatic N) is 2. The monoisotopic (exact) mass is 347 g/mol. The number of carbonyl (C=O) groups excluding carboxylic acids is 2. The van der Waals surface area contributed by atoms with Crippen molar-refractivity contribution in [1.82, 2.24) is 9.97 Å². The van der Waals surface area contributed by atoms with E-state index < -0.39 is 0 Å². The van der Waals surface area contributed by atoms with Gasteiger partial charge in [0, 0.05) is 30.5 Å². The number of pyridine rings is 2. The Hall–Kier alpha value is -3.08. The first-order chi connectivity index (χ1) is 12.4. The number of hydrogen-bond acceptors (Lipinski definition) is 4. The number of hydrogen-bond donors (Lipinski definition) is 1. The van der Waals surface area contributed by atoms with Crippen LogP contribution in [-0.2, 0) is 4.79 Å². The molecular weight excluding hydrogens is 326 g/mol. The van der Waals surface area contributed by atoms with E-state index in [1.54, 1.807) is 18.3 Å². The van der Waals surface area contributed by atoms with Crippen LogP contribution in [0.2, 0.25) is 0 Å². The normalized spacial score (nSPS) is 10.9. The number of rotatable bonds is 5. The molecule has 1 N–H and O–H groups in total. The summed E-state index contributed by atoms with van der Waals surface area (Å²) in [5.41, 5.74) is 3.03. The minimum absolute atomic E-state index is 0.0466. The summed E-state index contributed by atoms with van der Waals surface area (Å²) < 4.78 is 0. The lowest BCUT2D eigenvalue weighted by atomic mass is 10.0. The van der Waals surface area contributed by atoms with Gasteiger partial charge in [0.05, 0.1) is 5.52 Å². The third-order valence-corrected chi connectivity index (χ3v) is 3.97. The highest BCUT2D eigenvalue weighted by atomic mass is 16.1. The molecule has 0 aliphatic rings. The van der Waals surface area contributed by atoms with Gasteiger partial charge in [-0.05, 0) is 29.7 Å². The Morgan fingerprint density at radius 1 is 1.12 bits per heavy atom. The number of para-hydroxylation sites is 1. The van der Waals surface area contributed by atoms with E-state index in [-0.39, 0.29) is 17.6 Å². The van der Waals surface area contributed by atoms with Gasteiger partial charge in [-0.15, -0.1) is 0 Å². The second kappa shape index (κ2) is 7.44. The van der Waals surface area contributed by atoms with Crippen LogP contribution in [0.1, 0.15) is 37.7 Å². The van der Waals surface area contributed by atoms with E-state index in [9.17, 15) is 9.59 Å². The van der Waals surface area contributed by atoms with Gasteiger partial charge in [0.1, 0.15) is 11.5 Å². The highest BCUT2D eigenvalue weighted by molar-refractivity contribution is 6.00. The highest BCUT2D eigenvalue weighted by Gasteiger charge is 2.13. The van der Waals surface area contributed by atoms with Crippen LogP contribution in [0.4, 0.5) is 5.82 Å². The van der Waals surface area contributed by atoms with E-state index in [1.165, 1.54) is 6.92 Å². The summed E-state index contributed by atoms with van der Waals surface area (Å²) in [6.07, 6.45) is 2.12. The summed E-state index contributed by atoms with van der Waals surface area (Å²) in [6, 6.07) is 13.3. The summed E-state index contributed by atoms with van der Waals surface area (Å²) in [6.45, 7) is 5.48. The minimum Gasteiger partial charge on any atom is -0.311 e. The fourth-order valence-electron chi connectivity index (χ4n) is 2.86. The lowest BCUT2D eigenvalue weighted by Crippen LogP contribution is -2.07. The number of carbonyl (C=O) groups is 2. The van der Waals surface area contributed by atoms with Gasteiger partial charge in [-0.1, -0.05) is 38.1 Å². The topological polar surface area (TPSA) is 72.0 Å². The van der Waals surface area contributed by atoms with Crippen molar-refractivity contribution in [1.29, 1.82) is 0 Å². The quantitative estimate of drug-likeness (QED) is 0.691. The van der Waals surface area contributed by atoms with Crippen molar-refractivity contribution >= 4 is 28.4 Å². The van der Waals surface area contributed by atoms with E-state index in [2.05, 4.69) is 15.3 Å². The molecule has 1 amide bonds. The van der Waals surface area contributed by atoms with Crippen LogP contribution in [0, 0.1) is 5.92 Å². The average molecular weight is 347 g/mol. The molecule has 0 aliphatic carbocycles. The molecule has 3 rings (SSSR count). The van der Waals surface area contributed by atoms with E-state index in [0.29, 0.717) is 17.9 Å². The second-order valence-electron chi connectivity index (χ2n) is 6.71. The summed E-state index contributed by atoms with van der Waals surface area (Å²) in [5, 5.41) is 3.65. The van der Waals surface area contributed by atoms with Crippen LogP contribution in [0.3, 0.4) is 0 Å². The zero-order chi connectivity index (χ0) is 18.7. The molecule has 1 aromatic carbocycles. The summed E-state index contributed by atoms with van der Waals surface area (Å²) in [7, 11) is 0. The van der Waals surface area contributed by atoms with E-state index >= 15 is 0 Å². The number of Topliss-reactive ketones (excluding diaryl/α,β-unsaturated/α-hetero) is 1. The molecule has 0 spiro atoms. The first kappa shape index (κ1) is 17.7. The van der Waals surface area contributed by atoms with Gasteiger partial charge in [-0.2, -0.15) is 0 Å². The van der Waals surface area contributed by atoms with Gasteiger partial charge in [-0.25, -0.2) is 9.97 Å². The van der Waals surface area contributed by atoms with E-state index in [4.69, 9.17) is 0 Å². The third kappa shape index (κ3) is 3.94. The third-order valence-electron chi connectivity index (χ3n) is 3.97. The largest absolute Gasteiger partial charge is 0.311 e. The maximum absolute atomic E-state index is 12.4. The Labute approximate surface area is 152 Å². The Morgan fingerprint density at radius 3 is 2.65 bits per heavy atom. The van der Waals surface area contributed by atoms with Crippen molar-refractivity contribution in [2.75, 3.05) is 5.32 Å². The van der Waals surface area contributed by atoms with Crippen molar-refractivity contribution in [3.63, 3.8) is 0 Å². The van der Waals surface area contributed by atoms with Gasteiger partial charge < -0.3 is 5.32 Å². The molecule has 0 aliphatic heterocycles. The van der Waals surface area contributed by atoms with Gasteiger partial charge in [0.2, 0.25) is 5.91 Å². The van der Waals surface area contributed by atoms with Crippen molar-refractivity contribution in [2.45, 2.75) is 27.2 Å².